The number of carbonyl (C=O) groups is 2. The van der Waals surface area contributed by atoms with Crippen molar-refractivity contribution in [3.63, 3.8) is 0 Å². The van der Waals surface area contributed by atoms with Crippen LogP contribution in [0.15, 0.2) is 47.1 Å². The minimum Gasteiger partial charge on any atom is -0.494 e. The molecule has 0 fully saturated rings. The number of nitrogens with zero attached hydrogens (tertiary/aromatic N) is 2. The summed E-state index contributed by atoms with van der Waals surface area (Å²) in [7, 11) is 0. The minimum absolute atomic E-state index is 0.0182. The third kappa shape index (κ3) is 4.54. The zero-order valence-corrected chi connectivity index (χ0v) is 17.5. The third-order valence-electron chi connectivity index (χ3n) is 4.85. The highest BCUT2D eigenvalue weighted by atomic mass is 32.1. The highest BCUT2D eigenvalue weighted by Gasteiger charge is 2.25. The van der Waals surface area contributed by atoms with Crippen molar-refractivity contribution in [3.8, 4) is 5.75 Å². The van der Waals surface area contributed by atoms with Gasteiger partial charge in [0.2, 0.25) is 0 Å². The fourth-order valence-corrected chi connectivity index (χ4v) is 4.22. The van der Waals surface area contributed by atoms with Gasteiger partial charge in [-0.2, -0.15) is 0 Å². The molecule has 0 radical (unpaired) electrons. The second-order valence-corrected chi connectivity index (χ2v) is 8.11. The molecule has 0 bridgehead atoms. The number of hydrogen-bond donors (Lipinski definition) is 1. The van der Waals surface area contributed by atoms with Gasteiger partial charge < -0.3 is 14.1 Å². The summed E-state index contributed by atoms with van der Waals surface area (Å²) in [6.45, 7) is 3.88. The number of rotatable bonds is 7. The summed E-state index contributed by atoms with van der Waals surface area (Å²) in [5.74, 6) is 0.665. The molecule has 0 saturated carbocycles. The van der Waals surface area contributed by atoms with E-state index in [2.05, 4.69) is 17.2 Å². The lowest BCUT2D eigenvalue weighted by Crippen LogP contribution is -2.35. The van der Waals surface area contributed by atoms with Crippen LogP contribution < -0.4 is 10.1 Å². The molecule has 0 unspecified atom stereocenters. The third-order valence-corrected chi connectivity index (χ3v) is 5.85. The Labute approximate surface area is 178 Å². The number of anilines is 1. The van der Waals surface area contributed by atoms with Gasteiger partial charge in [-0.15, -0.1) is 0 Å². The number of furan rings is 1. The van der Waals surface area contributed by atoms with E-state index in [1.54, 1.807) is 24.3 Å². The highest BCUT2D eigenvalue weighted by Crippen LogP contribution is 2.29. The van der Waals surface area contributed by atoms with Crippen LogP contribution in [-0.2, 0) is 13.0 Å². The Kier molecular flexibility index (Phi) is 6.13. The van der Waals surface area contributed by atoms with Crippen molar-refractivity contribution in [3.05, 3.63) is 64.6 Å². The van der Waals surface area contributed by atoms with Gasteiger partial charge in [0, 0.05) is 23.4 Å². The van der Waals surface area contributed by atoms with Crippen LogP contribution in [0.5, 0.6) is 5.75 Å². The van der Waals surface area contributed by atoms with Crippen molar-refractivity contribution < 1.29 is 18.7 Å². The summed E-state index contributed by atoms with van der Waals surface area (Å²) in [6.07, 6.45) is 4.20. The second-order valence-electron chi connectivity index (χ2n) is 7.02. The normalized spacial score (nSPS) is 13.0. The predicted octanol–water partition coefficient (Wildman–Crippen LogP) is 4.37. The predicted molar refractivity (Wildman–Crippen MR) is 114 cm³/mol. The number of hydrogen-bond acceptors (Lipinski definition) is 6. The molecule has 0 aliphatic carbocycles. The number of thiazole rings is 1. The van der Waals surface area contributed by atoms with Crippen molar-refractivity contribution in [2.45, 2.75) is 32.7 Å². The van der Waals surface area contributed by atoms with E-state index in [4.69, 9.17) is 9.15 Å². The fourth-order valence-electron chi connectivity index (χ4n) is 3.20. The molecule has 0 saturated heterocycles. The molecule has 156 valence electrons. The molecular weight excluding hydrogens is 402 g/mol. The topological polar surface area (TPSA) is 84.7 Å². The molecule has 4 rings (SSSR count). The largest absolute Gasteiger partial charge is 0.494 e. The molecule has 0 atom stereocenters. The highest BCUT2D eigenvalue weighted by molar-refractivity contribution is 7.15. The summed E-state index contributed by atoms with van der Waals surface area (Å²) in [6, 6.07) is 10.6. The zero-order valence-electron chi connectivity index (χ0n) is 16.7. The Morgan fingerprint density at radius 2 is 2.10 bits per heavy atom. The number of unbranched alkanes of at least 4 members (excludes halogenated alkanes) is 1. The van der Waals surface area contributed by atoms with E-state index in [1.807, 2.05) is 17.0 Å². The summed E-state index contributed by atoms with van der Waals surface area (Å²) in [5.41, 5.74) is 1.57. The van der Waals surface area contributed by atoms with E-state index in [0.29, 0.717) is 36.8 Å². The van der Waals surface area contributed by atoms with Crippen molar-refractivity contribution in [1.82, 2.24) is 9.88 Å². The van der Waals surface area contributed by atoms with Gasteiger partial charge in [0.05, 0.1) is 25.1 Å². The first-order valence-corrected chi connectivity index (χ1v) is 10.8. The number of nitrogens with one attached hydrogen (secondary N) is 1. The molecule has 8 heteroatoms. The lowest BCUT2D eigenvalue weighted by atomic mass is 10.1. The number of ether oxygens (including phenoxy) is 1. The first-order chi connectivity index (χ1) is 14.6. The van der Waals surface area contributed by atoms with Gasteiger partial charge in [-0.3, -0.25) is 14.9 Å². The smallest absolute Gasteiger partial charge is 0.293 e. The van der Waals surface area contributed by atoms with E-state index in [-0.39, 0.29) is 17.6 Å². The van der Waals surface area contributed by atoms with Crippen molar-refractivity contribution in [1.29, 1.82) is 0 Å². The summed E-state index contributed by atoms with van der Waals surface area (Å²) >= 11 is 1.39. The maximum atomic E-state index is 12.9. The molecule has 1 aliphatic heterocycles. The van der Waals surface area contributed by atoms with Crippen LogP contribution in [0.25, 0.3) is 0 Å². The van der Waals surface area contributed by atoms with Gasteiger partial charge in [0.15, 0.2) is 10.9 Å². The van der Waals surface area contributed by atoms with E-state index >= 15 is 0 Å². The monoisotopic (exact) mass is 425 g/mol. The van der Waals surface area contributed by atoms with Gasteiger partial charge in [-0.1, -0.05) is 24.7 Å². The van der Waals surface area contributed by atoms with Gasteiger partial charge in [0.1, 0.15) is 5.75 Å². The van der Waals surface area contributed by atoms with E-state index in [9.17, 15) is 9.59 Å². The Hall–Kier alpha value is -3.13. The molecule has 7 nitrogen and oxygen atoms in total. The van der Waals surface area contributed by atoms with E-state index in [0.717, 1.165) is 29.2 Å². The molecule has 2 aromatic heterocycles. The Balaban J connectivity index is 1.38. The summed E-state index contributed by atoms with van der Waals surface area (Å²) < 4.78 is 10.8. The Bertz CT molecular complexity index is 1010. The number of carbonyl (C=O) groups excluding carboxylic acids is 2. The number of aromatic nitrogens is 1. The molecule has 3 heterocycles. The SMILES string of the molecule is CCCCOc1ccc(C(=O)N2CCc3nc(NC(=O)c4ccco4)sc3C2)cc1. The molecular formula is C22H23N3O4S. The maximum absolute atomic E-state index is 12.9. The first-order valence-electron chi connectivity index (χ1n) is 9.99. The Morgan fingerprint density at radius 1 is 1.27 bits per heavy atom. The standard InChI is InChI=1S/C22H23N3O4S/c1-2-3-12-28-16-8-6-15(7-9-16)21(27)25-11-10-17-19(14-25)30-22(23-17)24-20(26)18-5-4-13-29-18/h4-9,13H,2-3,10-12,14H2,1H3,(H,23,24,26). The quantitative estimate of drug-likeness (QED) is 0.569. The fraction of sp³-hybridized carbons (Fsp3) is 0.318. The van der Waals surface area contributed by atoms with Crippen LogP contribution in [0.1, 0.15) is 51.2 Å². The van der Waals surface area contributed by atoms with Gasteiger partial charge in [-0.05, 0) is 42.8 Å². The van der Waals surface area contributed by atoms with Crippen molar-refractivity contribution in [2.75, 3.05) is 18.5 Å². The van der Waals surface area contributed by atoms with Crippen LogP contribution in [0.3, 0.4) is 0 Å². The van der Waals surface area contributed by atoms with Crippen LogP contribution in [0.4, 0.5) is 5.13 Å². The lowest BCUT2D eigenvalue weighted by molar-refractivity contribution is 0.0736. The molecule has 1 aliphatic rings. The Morgan fingerprint density at radius 3 is 2.83 bits per heavy atom. The lowest BCUT2D eigenvalue weighted by Gasteiger charge is -2.26. The van der Waals surface area contributed by atoms with Gasteiger partial charge in [0.25, 0.3) is 11.8 Å². The first kappa shape index (κ1) is 20.2. The van der Waals surface area contributed by atoms with Gasteiger partial charge in [-0.25, -0.2) is 4.98 Å². The van der Waals surface area contributed by atoms with E-state index in [1.165, 1.54) is 17.6 Å². The van der Waals surface area contributed by atoms with Crippen LogP contribution in [-0.4, -0.2) is 34.8 Å². The summed E-state index contributed by atoms with van der Waals surface area (Å²) in [4.78, 5) is 32.4. The summed E-state index contributed by atoms with van der Waals surface area (Å²) in [5, 5.41) is 3.28. The van der Waals surface area contributed by atoms with Crippen molar-refractivity contribution in [2.24, 2.45) is 0 Å². The second kappa shape index (κ2) is 9.13. The van der Waals surface area contributed by atoms with E-state index < -0.39 is 0 Å². The van der Waals surface area contributed by atoms with Crippen LogP contribution in [0.2, 0.25) is 0 Å². The molecule has 0 spiro atoms. The molecule has 3 aromatic rings. The van der Waals surface area contributed by atoms with Gasteiger partial charge >= 0.3 is 0 Å². The minimum atomic E-state index is -0.333. The van der Waals surface area contributed by atoms with Crippen molar-refractivity contribution >= 4 is 28.3 Å². The van der Waals surface area contributed by atoms with Crippen LogP contribution in [0, 0.1) is 0 Å². The maximum Gasteiger partial charge on any atom is 0.293 e. The number of benzene rings is 1. The molecule has 2 amide bonds. The molecule has 30 heavy (non-hydrogen) atoms. The number of fused-ring (bicyclic) bond motifs is 1. The molecule has 1 N–H and O–H groups in total. The average Bonchev–Trinajstić information content (AvgIpc) is 3.43. The average molecular weight is 426 g/mol. The zero-order chi connectivity index (χ0) is 20.9. The molecule has 1 aromatic carbocycles. The van der Waals surface area contributed by atoms with Crippen LogP contribution >= 0.6 is 11.3 Å². The number of amides is 2.